The van der Waals surface area contributed by atoms with Crippen LogP contribution in [0, 0.1) is 0 Å². The number of ether oxygens (including phenoxy) is 2. The number of hydrogen-bond donors (Lipinski definition) is 0. The van der Waals surface area contributed by atoms with E-state index in [-0.39, 0.29) is 17.8 Å². The van der Waals surface area contributed by atoms with Gasteiger partial charge in [-0.1, -0.05) is 12.1 Å². The molecule has 0 saturated carbocycles. The van der Waals surface area contributed by atoms with E-state index in [0.29, 0.717) is 40.2 Å². The van der Waals surface area contributed by atoms with Crippen LogP contribution in [0.2, 0.25) is 0 Å². The maximum absolute atomic E-state index is 13.4. The van der Waals surface area contributed by atoms with E-state index in [0.717, 1.165) is 57.8 Å². The number of anilines is 3. The summed E-state index contributed by atoms with van der Waals surface area (Å²) in [5, 5.41) is 0. The van der Waals surface area contributed by atoms with Gasteiger partial charge in [-0.3, -0.25) is 14.5 Å². The van der Waals surface area contributed by atoms with Crippen LogP contribution >= 0.6 is 0 Å². The number of carbonyl (C=O) groups is 2. The topological polar surface area (TPSA) is 94.6 Å². The highest BCUT2D eigenvalue weighted by molar-refractivity contribution is 6.13. The molecule has 2 fully saturated rings. The van der Waals surface area contributed by atoms with E-state index in [2.05, 4.69) is 26.8 Å². The number of hydrogen-bond acceptors (Lipinski definition) is 9. The average Bonchev–Trinajstić information content (AvgIpc) is 3.10. The van der Waals surface area contributed by atoms with Crippen molar-refractivity contribution in [2.24, 2.45) is 0 Å². The van der Waals surface area contributed by atoms with Gasteiger partial charge in [-0.15, -0.1) is 0 Å². The second-order valence-electron chi connectivity index (χ2n) is 11.1. The van der Waals surface area contributed by atoms with Gasteiger partial charge in [0.05, 0.1) is 24.6 Å². The molecule has 2 saturated heterocycles. The van der Waals surface area contributed by atoms with Crippen LogP contribution < -0.4 is 19.3 Å². The highest BCUT2D eigenvalue weighted by atomic mass is 16.5. The number of likely N-dealkylation sites (N-methyl/N-ethyl adjacent to an activating group) is 1. The van der Waals surface area contributed by atoms with Gasteiger partial charge in [-0.2, -0.15) is 4.98 Å². The summed E-state index contributed by atoms with van der Waals surface area (Å²) < 4.78 is 11.7. The normalized spacial score (nSPS) is 18.4. The molecule has 4 heterocycles. The van der Waals surface area contributed by atoms with Crippen molar-refractivity contribution < 1.29 is 19.1 Å². The lowest BCUT2D eigenvalue weighted by molar-refractivity contribution is 0.0518. The Morgan fingerprint density at radius 1 is 0.881 bits per heavy atom. The molecule has 2 aromatic carbocycles. The quantitative estimate of drug-likeness (QED) is 0.456. The van der Waals surface area contributed by atoms with Gasteiger partial charge in [0.1, 0.15) is 5.69 Å². The van der Waals surface area contributed by atoms with Gasteiger partial charge < -0.3 is 29.1 Å². The summed E-state index contributed by atoms with van der Waals surface area (Å²) in [5.74, 6) is 1.19. The molecule has 220 valence electrons. The lowest BCUT2D eigenvalue weighted by atomic mass is 10.0. The van der Waals surface area contributed by atoms with E-state index in [1.807, 2.05) is 35.0 Å². The van der Waals surface area contributed by atoms with Crippen LogP contribution in [0.25, 0.3) is 0 Å². The number of amides is 2. The molecule has 0 unspecified atom stereocenters. The van der Waals surface area contributed by atoms with E-state index in [1.165, 1.54) is 4.90 Å². The Morgan fingerprint density at radius 3 is 2.36 bits per heavy atom. The van der Waals surface area contributed by atoms with Gasteiger partial charge in [0.25, 0.3) is 11.8 Å². The average molecular weight is 572 g/mol. The summed E-state index contributed by atoms with van der Waals surface area (Å²) in [6.07, 6.45) is 3.56. The van der Waals surface area contributed by atoms with E-state index >= 15 is 0 Å². The number of rotatable bonds is 5. The lowest BCUT2D eigenvalue weighted by Crippen LogP contribution is -2.52. The minimum absolute atomic E-state index is 0.00838. The zero-order valence-electron chi connectivity index (χ0n) is 24.6. The van der Waals surface area contributed by atoms with Crippen molar-refractivity contribution in [3.63, 3.8) is 0 Å². The Hall–Kier alpha value is -4.22. The zero-order valence-corrected chi connectivity index (χ0v) is 24.6. The van der Waals surface area contributed by atoms with E-state index in [9.17, 15) is 9.59 Å². The van der Waals surface area contributed by atoms with Crippen molar-refractivity contribution in [3.05, 3.63) is 59.8 Å². The molecule has 0 radical (unpaired) electrons. The molecule has 0 aliphatic carbocycles. The minimum atomic E-state index is -0.140. The van der Waals surface area contributed by atoms with Crippen LogP contribution in [-0.2, 0) is 0 Å². The summed E-state index contributed by atoms with van der Waals surface area (Å²) in [4.78, 5) is 45.8. The van der Waals surface area contributed by atoms with Crippen molar-refractivity contribution in [3.8, 4) is 17.5 Å². The molecule has 0 atom stereocenters. The highest BCUT2D eigenvalue weighted by Gasteiger charge is 2.31. The molecule has 0 spiro atoms. The first-order chi connectivity index (χ1) is 20.3. The number of aromatic nitrogens is 2. The molecule has 3 aromatic rings. The second kappa shape index (κ2) is 11.6. The van der Waals surface area contributed by atoms with E-state index < -0.39 is 0 Å². The van der Waals surface area contributed by atoms with Crippen LogP contribution in [-0.4, -0.2) is 110 Å². The predicted octanol–water partition coefficient (Wildman–Crippen LogP) is 3.49. The van der Waals surface area contributed by atoms with Crippen LogP contribution in [0.3, 0.4) is 0 Å². The SMILES string of the molecule is COc1cc(C(=O)N2CCC(N3CCN(C)CC3)CC2)ccc1Oc1ncc2c(n1)N(C)c1ccccc1C(=O)N2C. The monoisotopic (exact) mass is 571 g/mol. The molecule has 1 aromatic heterocycles. The summed E-state index contributed by atoms with van der Waals surface area (Å²) in [6.45, 7) is 5.89. The van der Waals surface area contributed by atoms with Gasteiger partial charge in [0, 0.05) is 65.0 Å². The summed E-state index contributed by atoms with van der Waals surface area (Å²) in [5.41, 5.74) is 2.44. The van der Waals surface area contributed by atoms with Crippen molar-refractivity contribution in [2.75, 3.05) is 77.3 Å². The van der Waals surface area contributed by atoms with E-state index in [1.54, 1.807) is 44.6 Å². The van der Waals surface area contributed by atoms with Crippen LogP contribution in [0.4, 0.5) is 17.2 Å². The summed E-state index contributed by atoms with van der Waals surface area (Å²) >= 11 is 0. The Bertz CT molecular complexity index is 1480. The van der Waals surface area contributed by atoms with Crippen LogP contribution in [0.5, 0.6) is 17.5 Å². The number of fused-ring (bicyclic) bond motifs is 2. The molecular formula is C31H37N7O4. The Balaban J connectivity index is 1.17. The van der Waals surface area contributed by atoms with Crippen LogP contribution in [0.1, 0.15) is 33.6 Å². The Kier molecular flexibility index (Phi) is 7.70. The van der Waals surface area contributed by atoms with Crippen molar-refractivity contribution in [1.82, 2.24) is 24.7 Å². The van der Waals surface area contributed by atoms with Gasteiger partial charge in [0.2, 0.25) is 0 Å². The fourth-order valence-corrected chi connectivity index (χ4v) is 6.02. The molecule has 3 aliphatic rings. The highest BCUT2D eigenvalue weighted by Crippen LogP contribution is 2.39. The number of para-hydroxylation sites is 1. The van der Waals surface area contributed by atoms with Gasteiger partial charge >= 0.3 is 6.01 Å². The van der Waals surface area contributed by atoms with Crippen molar-refractivity contribution in [2.45, 2.75) is 18.9 Å². The van der Waals surface area contributed by atoms with Crippen molar-refractivity contribution >= 4 is 29.0 Å². The molecule has 2 amide bonds. The fraction of sp³-hybridized carbons (Fsp3) is 0.419. The fourth-order valence-electron chi connectivity index (χ4n) is 6.02. The molecule has 6 rings (SSSR count). The molecule has 3 aliphatic heterocycles. The number of likely N-dealkylation sites (tertiary alicyclic amines) is 1. The first-order valence-electron chi connectivity index (χ1n) is 14.4. The molecule has 42 heavy (non-hydrogen) atoms. The molecule has 0 N–H and O–H groups in total. The maximum atomic E-state index is 13.4. The number of piperidine rings is 1. The van der Waals surface area contributed by atoms with Crippen molar-refractivity contribution in [1.29, 1.82) is 0 Å². The third-order valence-electron chi connectivity index (χ3n) is 8.63. The van der Waals surface area contributed by atoms with Crippen LogP contribution in [0.15, 0.2) is 48.7 Å². The minimum Gasteiger partial charge on any atom is -0.493 e. The number of benzene rings is 2. The van der Waals surface area contributed by atoms with Gasteiger partial charge in [-0.25, -0.2) is 4.98 Å². The number of methoxy groups -OCH3 is 1. The summed E-state index contributed by atoms with van der Waals surface area (Å²) in [7, 11) is 7.27. The third-order valence-corrected chi connectivity index (χ3v) is 8.63. The molecular weight excluding hydrogens is 534 g/mol. The maximum Gasteiger partial charge on any atom is 0.324 e. The first-order valence-corrected chi connectivity index (χ1v) is 14.4. The molecule has 11 nitrogen and oxygen atoms in total. The number of nitrogens with zero attached hydrogens (tertiary/aromatic N) is 7. The Morgan fingerprint density at radius 2 is 1.62 bits per heavy atom. The van der Waals surface area contributed by atoms with Gasteiger partial charge in [0.15, 0.2) is 17.3 Å². The van der Waals surface area contributed by atoms with E-state index in [4.69, 9.17) is 9.47 Å². The Labute approximate surface area is 246 Å². The zero-order chi connectivity index (χ0) is 29.4. The molecule has 11 heteroatoms. The first kappa shape index (κ1) is 27.9. The smallest absolute Gasteiger partial charge is 0.324 e. The molecule has 0 bridgehead atoms. The summed E-state index contributed by atoms with van der Waals surface area (Å²) in [6, 6.07) is 13.2. The largest absolute Gasteiger partial charge is 0.493 e. The second-order valence-corrected chi connectivity index (χ2v) is 11.1. The van der Waals surface area contributed by atoms with Gasteiger partial charge in [-0.05, 0) is 50.2 Å². The lowest BCUT2D eigenvalue weighted by Gasteiger charge is -2.42. The number of carbonyl (C=O) groups excluding carboxylic acids is 2. The number of piperazine rings is 1. The third kappa shape index (κ3) is 5.25. The standard InChI is InChI=1S/C31H37N7O4/c1-34-15-17-37(18-16-34)22-11-13-38(14-12-22)29(39)21-9-10-26(27(19-21)41-4)42-31-32-20-25-28(33-31)35(2)24-8-6-5-7-23(24)30(40)36(25)3/h5-10,19-20,22H,11-18H2,1-4H3. The predicted molar refractivity (Wildman–Crippen MR) is 160 cm³/mol.